The zero-order valence-corrected chi connectivity index (χ0v) is 19.5. The Morgan fingerprint density at radius 3 is 2.84 bits per heavy atom. The van der Waals surface area contributed by atoms with Crippen LogP contribution in [0.5, 0.6) is 0 Å². The van der Waals surface area contributed by atoms with Crippen molar-refractivity contribution >= 4 is 23.3 Å². The third kappa shape index (κ3) is 3.10. The van der Waals surface area contributed by atoms with E-state index in [2.05, 4.69) is 11.9 Å². The highest BCUT2D eigenvalue weighted by Gasteiger charge is 2.67. The number of thioether (sulfide) groups is 1. The summed E-state index contributed by atoms with van der Waals surface area (Å²) in [6, 6.07) is 5.59. The second kappa shape index (κ2) is 7.64. The Kier molecular flexibility index (Phi) is 5.27. The average Bonchev–Trinajstić information content (AvgIpc) is 3.04. The molecule has 0 saturated heterocycles. The maximum Gasteiger partial charge on any atom is 0.178 e. The average molecular weight is 454 g/mol. The van der Waals surface area contributed by atoms with Crippen molar-refractivity contribution < 1.29 is 19.8 Å². The molecule has 0 amide bonds. The fraction of sp³-hybridized carbons (Fsp3) is 0.577. The van der Waals surface area contributed by atoms with Gasteiger partial charge in [0.05, 0.1) is 16.9 Å². The molecule has 0 spiro atoms. The van der Waals surface area contributed by atoms with Crippen LogP contribution in [0.25, 0.3) is 0 Å². The van der Waals surface area contributed by atoms with Crippen LogP contribution in [0, 0.1) is 28.6 Å². The van der Waals surface area contributed by atoms with Crippen LogP contribution in [0.4, 0.5) is 0 Å². The zero-order chi connectivity index (χ0) is 22.7. The van der Waals surface area contributed by atoms with E-state index in [9.17, 15) is 19.8 Å². The highest BCUT2D eigenvalue weighted by Crippen LogP contribution is 2.67. The van der Waals surface area contributed by atoms with Gasteiger partial charge < -0.3 is 10.2 Å². The number of hydrogen-bond donors (Lipinski definition) is 2. The fourth-order valence-electron chi connectivity index (χ4n) is 7.48. The Morgan fingerprint density at radius 1 is 1.28 bits per heavy atom. The molecule has 6 heteroatoms. The smallest absolute Gasteiger partial charge is 0.178 e. The van der Waals surface area contributed by atoms with Gasteiger partial charge in [-0.15, -0.1) is 0 Å². The van der Waals surface area contributed by atoms with Crippen LogP contribution in [0.1, 0.15) is 46.0 Å². The standard InChI is InChI=1S/C26H31NO4S/c1-24-10-8-17(28)13-16(24)6-7-18-19-9-11-26(31,25(19,2)14-20(29)23(18)24)21(30)15-32-22-5-3-4-12-27-22/h3-5,8,10,12-13,18-20,23,29,31H,6-7,9,11,14-15H2,1-2H3/t18?,19?,20-,23?,24?,25?,26-/m0/s1. The molecule has 3 fully saturated rings. The topological polar surface area (TPSA) is 87.5 Å². The molecule has 0 aromatic carbocycles. The van der Waals surface area contributed by atoms with E-state index in [-0.39, 0.29) is 40.5 Å². The second-order valence-electron chi connectivity index (χ2n) is 10.5. The van der Waals surface area contributed by atoms with Gasteiger partial charge in [0.15, 0.2) is 11.6 Å². The minimum Gasteiger partial charge on any atom is -0.393 e. The number of Topliss-reactive ketones (excluding diaryl/α,β-unsaturated/α-hetero) is 1. The molecule has 2 N–H and O–H groups in total. The largest absolute Gasteiger partial charge is 0.393 e. The van der Waals surface area contributed by atoms with E-state index in [0.29, 0.717) is 12.8 Å². The van der Waals surface area contributed by atoms with Crippen molar-refractivity contribution in [2.75, 3.05) is 5.75 Å². The maximum atomic E-state index is 13.4. The van der Waals surface area contributed by atoms with Crippen molar-refractivity contribution in [2.24, 2.45) is 28.6 Å². The van der Waals surface area contributed by atoms with Crippen molar-refractivity contribution in [3.05, 3.63) is 48.2 Å². The third-order valence-electron chi connectivity index (χ3n) is 9.10. The molecule has 1 heterocycles. The predicted molar refractivity (Wildman–Crippen MR) is 123 cm³/mol. The van der Waals surface area contributed by atoms with Gasteiger partial charge in [0, 0.05) is 22.9 Å². The van der Waals surface area contributed by atoms with E-state index >= 15 is 0 Å². The van der Waals surface area contributed by atoms with E-state index in [1.54, 1.807) is 18.3 Å². The van der Waals surface area contributed by atoms with Crippen LogP contribution >= 0.6 is 11.8 Å². The Bertz CT molecular complexity index is 1010. The minimum absolute atomic E-state index is 0.00488. The molecular weight excluding hydrogens is 422 g/mol. The summed E-state index contributed by atoms with van der Waals surface area (Å²) in [5.74, 6) is 0.440. The lowest BCUT2D eigenvalue weighted by Crippen LogP contribution is -2.61. The quantitative estimate of drug-likeness (QED) is 0.675. The highest BCUT2D eigenvalue weighted by molar-refractivity contribution is 7.99. The molecule has 5 rings (SSSR count). The van der Waals surface area contributed by atoms with Gasteiger partial charge in [0.2, 0.25) is 0 Å². The first-order valence-electron chi connectivity index (χ1n) is 11.6. The molecule has 4 aliphatic carbocycles. The van der Waals surface area contributed by atoms with Gasteiger partial charge in [-0.05, 0) is 68.2 Å². The summed E-state index contributed by atoms with van der Waals surface area (Å²) >= 11 is 1.36. The maximum absolute atomic E-state index is 13.4. The van der Waals surface area contributed by atoms with E-state index in [4.69, 9.17) is 0 Å². The Labute approximate surface area is 193 Å². The summed E-state index contributed by atoms with van der Waals surface area (Å²) in [6.45, 7) is 4.15. The van der Waals surface area contributed by atoms with Crippen molar-refractivity contribution in [2.45, 2.75) is 62.7 Å². The summed E-state index contributed by atoms with van der Waals surface area (Å²) in [5.41, 5.74) is -1.30. The molecule has 5 nitrogen and oxygen atoms in total. The lowest BCUT2D eigenvalue weighted by atomic mass is 9.46. The number of aliphatic hydroxyl groups excluding tert-OH is 1. The first kappa shape index (κ1) is 22.1. The number of carbonyl (C=O) groups is 2. The molecule has 1 aromatic heterocycles. The lowest BCUT2D eigenvalue weighted by molar-refractivity contribution is -0.174. The highest BCUT2D eigenvalue weighted by atomic mass is 32.2. The van der Waals surface area contributed by atoms with E-state index in [0.717, 1.165) is 29.9 Å². The van der Waals surface area contributed by atoms with Crippen molar-refractivity contribution in [1.82, 2.24) is 4.98 Å². The first-order chi connectivity index (χ1) is 15.2. The summed E-state index contributed by atoms with van der Waals surface area (Å²) in [7, 11) is 0. The van der Waals surface area contributed by atoms with Gasteiger partial charge in [-0.3, -0.25) is 9.59 Å². The van der Waals surface area contributed by atoms with E-state index < -0.39 is 17.1 Å². The van der Waals surface area contributed by atoms with Crippen LogP contribution < -0.4 is 0 Å². The third-order valence-corrected chi connectivity index (χ3v) is 10.0. The number of rotatable bonds is 4. The Morgan fingerprint density at radius 2 is 2.09 bits per heavy atom. The van der Waals surface area contributed by atoms with E-state index in [1.165, 1.54) is 11.8 Å². The van der Waals surface area contributed by atoms with Crippen LogP contribution in [0.3, 0.4) is 0 Å². The molecule has 0 aliphatic heterocycles. The van der Waals surface area contributed by atoms with Crippen molar-refractivity contribution in [3.8, 4) is 0 Å². The molecule has 3 saturated carbocycles. The molecule has 7 atom stereocenters. The molecule has 4 aliphatic rings. The molecule has 170 valence electrons. The molecular formula is C26H31NO4S. The number of fused-ring (bicyclic) bond motifs is 5. The van der Waals surface area contributed by atoms with Gasteiger partial charge in [0.25, 0.3) is 0 Å². The number of aromatic nitrogens is 1. The number of ketones is 2. The van der Waals surface area contributed by atoms with Gasteiger partial charge >= 0.3 is 0 Å². The second-order valence-corrected chi connectivity index (χ2v) is 11.5. The normalized spacial score (nSPS) is 42.6. The molecule has 0 radical (unpaired) electrons. The lowest BCUT2D eigenvalue weighted by Gasteiger charge is -2.59. The fourth-order valence-corrected chi connectivity index (χ4v) is 8.31. The Hall–Kier alpha value is -1.76. The number of nitrogens with zero attached hydrogens (tertiary/aromatic N) is 1. The SMILES string of the molecule is CC12C=CC(=O)C=C1CCC1C2[C@@H](O)CC2(C)C1CC[C@]2(O)C(=O)CSc1ccccn1. The summed E-state index contributed by atoms with van der Waals surface area (Å²) in [6.07, 6.45) is 9.79. The molecule has 0 bridgehead atoms. The van der Waals surface area contributed by atoms with Gasteiger partial charge in [-0.1, -0.05) is 43.3 Å². The van der Waals surface area contributed by atoms with Crippen LogP contribution in [0.15, 0.2) is 53.2 Å². The van der Waals surface area contributed by atoms with E-state index in [1.807, 2.05) is 31.2 Å². The number of pyridine rings is 1. The number of hydrogen-bond acceptors (Lipinski definition) is 6. The summed E-state index contributed by atoms with van der Waals surface area (Å²) in [5, 5.41) is 24.0. The van der Waals surface area contributed by atoms with Gasteiger partial charge in [-0.2, -0.15) is 0 Å². The first-order valence-corrected chi connectivity index (χ1v) is 12.6. The van der Waals surface area contributed by atoms with Crippen molar-refractivity contribution in [3.63, 3.8) is 0 Å². The number of allylic oxidation sites excluding steroid dienone is 4. The monoisotopic (exact) mass is 453 g/mol. The molecule has 5 unspecified atom stereocenters. The number of carbonyl (C=O) groups excluding carboxylic acids is 2. The zero-order valence-electron chi connectivity index (χ0n) is 18.7. The summed E-state index contributed by atoms with van der Waals surface area (Å²) < 4.78 is 0. The Balaban J connectivity index is 1.41. The molecule has 1 aromatic rings. The van der Waals surface area contributed by atoms with Crippen LogP contribution in [-0.2, 0) is 9.59 Å². The van der Waals surface area contributed by atoms with Crippen molar-refractivity contribution in [1.29, 1.82) is 0 Å². The predicted octanol–water partition coefficient (Wildman–Crippen LogP) is 3.75. The van der Waals surface area contributed by atoms with Crippen LogP contribution in [0.2, 0.25) is 0 Å². The minimum atomic E-state index is -1.43. The molecule has 32 heavy (non-hydrogen) atoms. The van der Waals surface area contributed by atoms with Gasteiger partial charge in [0.1, 0.15) is 5.60 Å². The summed E-state index contributed by atoms with van der Waals surface area (Å²) in [4.78, 5) is 29.6. The number of aliphatic hydroxyl groups is 2. The van der Waals surface area contributed by atoms with Gasteiger partial charge in [-0.25, -0.2) is 4.98 Å². The van der Waals surface area contributed by atoms with Crippen LogP contribution in [-0.4, -0.2) is 44.2 Å².